The fraction of sp³-hybridized carbons (Fsp3) is 0.917. The van der Waals surface area contributed by atoms with Crippen molar-refractivity contribution in [1.82, 2.24) is 0 Å². The van der Waals surface area contributed by atoms with Crippen LogP contribution in [0.2, 0.25) is 66.5 Å². The molecule has 0 aromatic rings. The third-order valence-electron chi connectivity index (χ3n) is 12.1. The molecule has 0 aliphatic rings. The number of unbranched alkanes of at least 4 members (excludes halogenated alkanes) is 1. The number of hydrogen-bond donors (Lipinski definition) is 0. The van der Waals surface area contributed by atoms with Crippen LogP contribution < -0.4 is 0 Å². The lowest BCUT2D eigenvalue weighted by Gasteiger charge is -2.31. The number of hydrogen-bond acceptors (Lipinski definition) is 0. The van der Waals surface area contributed by atoms with E-state index >= 15 is 0 Å². The molecule has 0 aromatic heterocycles. The molecule has 0 aliphatic carbocycles. The van der Waals surface area contributed by atoms with E-state index in [2.05, 4.69) is 145 Å². The molecule has 0 bridgehead atoms. The van der Waals surface area contributed by atoms with Crippen LogP contribution in [0.5, 0.6) is 0 Å². The molecule has 0 amide bonds. The lowest BCUT2D eigenvalue weighted by Crippen LogP contribution is -2.33. The van der Waals surface area contributed by atoms with E-state index in [9.17, 15) is 0 Å². The van der Waals surface area contributed by atoms with Crippen molar-refractivity contribution in [2.45, 2.75) is 256 Å². The van der Waals surface area contributed by atoms with Crippen LogP contribution in [0.4, 0.5) is 0 Å². The fourth-order valence-electron chi connectivity index (χ4n) is 6.83. The normalized spacial score (nSPS) is 12.0. The topological polar surface area (TPSA) is 0 Å². The summed E-state index contributed by atoms with van der Waals surface area (Å²) in [5.74, 6) is 4.41. The molecule has 0 aromatic carbocycles. The fourth-order valence-corrected chi connectivity index (χ4v) is 16.2. The van der Waals surface area contributed by atoms with Gasteiger partial charge in [-0.1, -0.05) is 235 Å². The molecule has 0 aliphatic heterocycles. The van der Waals surface area contributed by atoms with Crippen LogP contribution in [0.25, 0.3) is 0 Å². The Morgan fingerprint density at radius 1 is 0.529 bits per heavy atom. The molecule has 0 nitrogen and oxygen atoms in total. The second-order valence-electron chi connectivity index (χ2n) is 18.3. The molecular formula is C48H108Si3. The highest BCUT2D eigenvalue weighted by Crippen LogP contribution is 2.31. The van der Waals surface area contributed by atoms with E-state index in [4.69, 9.17) is 0 Å². The molecule has 1 unspecified atom stereocenters. The molecular weight excluding hydrogens is 661 g/mol. The maximum Gasteiger partial charge on any atom is 0.0530 e. The van der Waals surface area contributed by atoms with Gasteiger partial charge in [-0.15, -0.1) is 13.2 Å². The average molecular weight is 770 g/mol. The van der Waals surface area contributed by atoms with Crippen molar-refractivity contribution in [3.63, 3.8) is 0 Å². The maximum atomic E-state index is 3.83. The molecule has 0 rings (SSSR count). The van der Waals surface area contributed by atoms with Gasteiger partial charge >= 0.3 is 0 Å². The molecule has 312 valence electrons. The molecule has 0 saturated heterocycles. The second-order valence-corrected chi connectivity index (χ2v) is 33.6. The first-order valence-electron chi connectivity index (χ1n) is 23.1. The van der Waals surface area contributed by atoms with Gasteiger partial charge in [-0.25, -0.2) is 0 Å². The zero-order valence-electron chi connectivity index (χ0n) is 40.1. The van der Waals surface area contributed by atoms with E-state index in [0.717, 1.165) is 36.0 Å². The van der Waals surface area contributed by atoms with Crippen LogP contribution >= 0.6 is 0 Å². The highest BCUT2D eigenvalue weighted by atomic mass is 28.3. The Bertz CT molecular complexity index is 659. The molecule has 0 fully saturated rings. The Balaban J connectivity index is -0.000000180. The average Bonchev–Trinajstić information content (AvgIpc) is 3.10. The van der Waals surface area contributed by atoms with Gasteiger partial charge in [0.15, 0.2) is 0 Å². The van der Waals surface area contributed by atoms with Crippen molar-refractivity contribution in [2.75, 3.05) is 0 Å². The van der Waals surface area contributed by atoms with E-state index < -0.39 is 16.1 Å². The number of allylic oxidation sites excluding steroid dienone is 2. The highest BCUT2D eigenvalue weighted by molar-refractivity contribution is 6.80. The van der Waals surface area contributed by atoms with Crippen molar-refractivity contribution >= 4 is 24.9 Å². The summed E-state index contributed by atoms with van der Waals surface area (Å²) in [5, 5.41) is 0. The van der Waals surface area contributed by atoms with E-state index in [1.807, 2.05) is 6.08 Å². The maximum absolute atomic E-state index is 3.83. The van der Waals surface area contributed by atoms with Crippen LogP contribution in [-0.2, 0) is 0 Å². The molecule has 1 atom stereocenters. The largest absolute Gasteiger partial charge is 0.103 e. The summed E-state index contributed by atoms with van der Waals surface area (Å²) >= 11 is 0. The Hall–Kier alpha value is 0.131. The van der Waals surface area contributed by atoms with Gasteiger partial charge in [0, 0.05) is 8.80 Å². The van der Waals surface area contributed by atoms with Gasteiger partial charge in [0.2, 0.25) is 0 Å². The van der Waals surface area contributed by atoms with Gasteiger partial charge < -0.3 is 0 Å². The standard InChI is InChI=1S/C14H32Si.C13H30Si.C8H16.C7H14.C6H16Si/c1-7-15(8-2,9-3)12-14(6)11-10-13(4)5;1-6-14(7-2,8-3)12-10-9-11-13(4)5;1-7(2)5-6-8(3)4;1-4-5-6-7(2)3;1-4-7(5-2)6-3/h13-14H,7-12H2,1-6H3;13H,6-12H2,1-5H3;8H,1,5-6H2,2-4H3;4,7H,1,5-6H2,2-3H3;7H,4-6H2,1-3H3. The lowest BCUT2D eigenvalue weighted by atomic mass is 10.0. The van der Waals surface area contributed by atoms with E-state index in [1.54, 1.807) is 12.1 Å². The zero-order valence-corrected chi connectivity index (χ0v) is 43.3. The Morgan fingerprint density at radius 3 is 1.16 bits per heavy atom. The Morgan fingerprint density at radius 2 is 0.922 bits per heavy atom. The summed E-state index contributed by atoms with van der Waals surface area (Å²) in [5.41, 5.74) is 1.30. The zero-order chi connectivity index (χ0) is 40.9. The monoisotopic (exact) mass is 769 g/mol. The van der Waals surface area contributed by atoms with Crippen molar-refractivity contribution in [1.29, 1.82) is 0 Å². The molecule has 0 N–H and O–H groups in total. The van der Waals surface area contributed by atoms with Crippen LogP contribution in [0.15, 0.2) is 24.8 Å². The summed E-state index contributed by atoms with van der Waals surface area (Å²) < 4.78 is 0. The second kappa shape index (κ2) is 41.3. The van der Waals surface area contributed by atoms with Crippen molar-refractivity contribution in [2.24, 2.45) is 29.6 Å². The van der Waals surface area contributed by atoms with Gasteiger partial charge in [-0.3, -0.25) is 0 Å². The smallest absolute Gasteiger partial charge is 0.0530 e. The van der Waals surface area contributed by atoms with Crippen molar-refractivity contribution in [3.05, 3.63) is 24.8 Å². The minimum atomic E-state index is -0.852. The van der Waals surface area contributed by atoms with Crippen LogP contribution in [0.3, 0.4) is 0 Å². The van der Waals surface area contributed by atoms with Crippen LogP contribution in [0, 0.1) is 29.6 Å². The van der Waals surface area contributed by atoms with Crippen molar-refractivity contribution < 1.29 is 0 Å². The quantitative estimate of drug-likeness (QED) is 0.0493. The molecule has 0 heterocycles. The molecule has 0 saturated carbocycles. The minimum Gasteiger partial charge on any atom is -0.103 e. The molecule has 51 heavy (non-hydrogen) atoms. The third-order valence-corrected chi connectivity index (χ3v) is 27.5. The minimum absolute atomic E-state index is 0.171. The third kappa shape index (κ3) is 44.4. The van der Waals surface area contributed by atoms with E-state index in [0.29, 0.717) is 0 Å². The molecule has 0 radical (unpaired) electrons. The van der Waals surface area contributed by atoms with Crippen molar-refractivity contribution in [3.8, 4) is 0 Å². The lowest BCUT2D eigenvalue weighted by molar-refractivity contribution is 0.471. The first-order valence-corrected chi connectivity index (χ1v) is 31.2. The van der Waals surface area contributed by atoms with Gasteiger partial charge in [-0.05, 0) is 62.2 Å². The Kier molecular flexibility index (Phi) is 48.9. The summed E-state index contributed by atoms with van der Waals surface area (Å²) in [6, 6.07) is 16.6. The summed E-state index contributed by atoms with van der Waals surface area (Å²) in [6.07, 6.45) is 14.2. The SMILES string of the molecule is C=C(C)CCC(C)C.C=CCCC(C)C.CC[SiH](CC)CC.CC[Si](CC)(CC)CC(C)CCC(C)C.CC[Si](CC)(CC)CCCCC(C)C. The first-order chi connectivity index (χ1) is 23.8. The van der Waals surface area contributed by atoms with E-state index in [1.165, 1.54) is 111 Å². The highest BCUT2D eigenvalue weighted by Gasteiger charge is 2.28. The first kappa shape index (κ1) is 60.4. The van der Waals surface area contributed by atoms with Gasteiger partial charge in [0.1, 0.15) is 0 Å². The van der Waals surface area contributed by atoms with Crippen LogP contribution in [-0.4, -0.2) is 24.9 Å². The van der Waals surface area contributed by atoms with Gasteiger partial charge in [0.05, 0.1) is 16.1 Å². The summed E-state index contributed by atoms with van der Waals surface area (Å²) in [6.45, 7) is 51.8. The molecule has 0 spiro atoms. The summed E-state index contributed by atoms with van der Waals surface area (Å²) in [4.78, 5) is 0. The van der Waals surface area contributed by atoms with Crippen LogP contribution in [0.1, 0.15) is 189 Å². The van der Waals surface area contributed by atoms with Gasteiger partial charge in [-0.2, -0.15) is 0 Å². The van der Waals surface area contributed by atoms with E-state index in [-0.39, 0.29) is 8.80 Å². The Labute approximate surface area is 333 Å². The number of rotatable bonds is 25. The molecule has 3 heteroatoms. The predicted octanol–water partition coefficient (Wildman–Crippen LogP) is 18.8. The predicted molar refractivity (Wildman–Crippen MR) is 258 cm³/mol. The summed E-state index contributed by atoms with van der Waals surface area (Å²) in [7, 11) is -1.81. The van der Waals surface area contributed by atoms with Gasteiger partial charge in [0.25, 0.3) is 0 Å².